The van der Waals surface area contributed by atoms with Gasteiger partial charge in [0.25, 0.3) is 0 Å². The number of hydrogen-bond donors (Lipinski definition) is 3. The Morgan fingerprint density at radius 2 is 2.08 bits per heavy atom. The van der Waals surface area contributed by atoms with Gasteiger partial charge in [-0.3, -0.25) is 0 Å². The van der Waals surface area contributed by atoms with Crippen molar-refractivity contribution < 1.29 is 20.1 Å². The number of ether oxygens (including phenoxy) is 1. The van der Waals surface area contributed by atoms with E-state index >= 15 is 0 Å². The molecule has 0 radical (unpaired) electrons. The van der Waals surface area contributed by atoms with Crippen LogP contribution < -0.4 is 0 Å². The fourth-order valence-electron chi connectivity index (χ4n) is 1.62. The Hall–Kier alpha value is -0.420. The number of allylic oxidation sites excluding steroid dienone is 1. The molecule has 0 aromatic carbocycles. The highest BCUT2D eigenvalue weighted by Gasteiger charge is 2.37. The molecule has 0 spiro atoms. The van der Waals surface area contributed by atoms with Gasteiger partial charge in [0.2, 0.25) is 0 Å². The maximum Gasteiger partial charge on any atom is 0.112 e. The molecule has 4 heteroatoms. The lowest BCUT2D eigenvalue weighted by Gasteiger charge is -2.37. The van der Waals surface area contributed by atoms with Gasteiger partial charge < -0.3 is 20.1 Å². The summed E-state index contributed by atoms with van der Waals surface area (Å²) in [5.41, 5.74) is 0.664. The van der Waals surface area contributed by atoms with E-state index in [4.69, 9.17) is 9.84 Å². The monoisotopic (exact) mass is 188 g/mol. The van der Waals surface area contributed by atoms with Crippen molar-refractivity contribution in [3.63, 3.8) is 0 Å². The second-order valence-corrected chi connectivity index (χ2v) is 3.22. The van der Waals surface area contributed by atoms with Crippen molar-refractivity contribution in [2.45, 2.75) is 38.3 Å². The third-order valence-electron chi connectivity index (χ3n) is 2.41. The van der Waals surface area contributed by atoms with Crippen LogP contribution in [0.3, 0.4) is 0 Å². The molecule has 1 saturated heterocycles. The van der Waals surface area contributed by atoms with Crippen molar-refractivity contribution in [1.29, 1.82) is 0 Å². The lowest BCUT2D eigenvalue weighted by molar-refractivity contribution is -0.145. The predicted octanol–water partition coefficient (Wildman–Crippen LogP) is -0.566. The predicted molar refractivity (Wildman–Crippen MR) is 47.2 cm³/mol. The molecular weight excluding hydrogens is 172 g/mol. The van der Waals surface area contributed by atoms with Gasteiger partial charge in [0.05, 0.1) is 12.7 Å². The molecule has 4 nitrogen and oxygen atoms in total. The SMILES string of the molecule is C/C=C1\C(C)OC(CO)C(O)C1O. The maximum atomic E-state index is 9.60. The molecule has 0 saturated carbocycles. The van der Waals surface area contributed by atoms with E-state index in [1.54, 1.807) is 19.9 Å². The first kappa shape index (κ1) is 10.7. The molecule has 0 aromatic rings. The first-order valence-electron chi connectivity index (χ1n) is 4.40. The third kappa shape index (κ3) is 1.91. The van der Waals surface area contributed by atoms with Gasteiger partial charge in [0.1, 0.15) is 18.3 Å². The second kappa shape index (κ2) is 4.19. The molecule has 0 aromatic heterocycles. The highest BCUT2D eigenvalue weighted by Crippen LogP contribution is 2.24. The van der Waals surface area contributed by atoms with Gasteiger partial charge >= 0.3 is 0 Å². The molecule has 3 N–H and O–H groups in total. The van der Waals surface area contributed by atoms with Crippen LogP contribution >= 0.6 is 0 Å². The quantitative estimate of drug-likeness (QED) is 0.482. The first-order chi connectivity index (χ1) is 6.11. The zero-order chi connectivity index (χ0) is 10.0. The second-order valence-electron chi connectivity index (χ2n) is 3.22. The number of rotatable bonds is 1. The Bertz CT molecular complexity index is 202. The third-order valence-corrected chi connectivity index (χ3v) is 2.41. The van der Waals surface area contributed by atoms with Crippen LogP contribution in [-0.2, 0) is 4.74 Å². The van der Waals surface area contributed by atoms with Gasteiger partial charge in [-0.25, -0.2) is 0 Å². The number of aliphatic hydroxyl groups is 3. The fraction of sp³-hybridized carbons (Fsp3) is 0.778. The van der Waals surface area contributed by atoms with Crippen molar-refractivity contribution in [3.05, 3.63) is 11.6 Å². The van der Waals surface area contributed by atoms with Crippen LogP contribution in [0, 0.1) is 0 Å². The van der Waals surface area contributed by atoms with Gasteiger partial charge in [-0.05, 0) is 19.4 Å². The molecule has 0 amide bonds. The highest BCUT2D eigenvalue weighted by atomic mass is 16.5. The number of hydrogen-bond acceptors (Lipinski definition) is 4. The van der Waals surface area contributed by atoms with Crippen LogP contribution in [-0.4, -0.2) is 46.3 Å². The van der Waals surface area contributed by atoms with Crippen LogP contribution in [0.25, 0.3) is 0 Å². The minimum Gasteiger partial charge on any atom is -0.394 e. The maximum absolute atomic E-state index is 9.60. The Balaban J connectivity index is 2.79. The van der Waals surface area contributed by atoms with E-state index in [9.17, 15) is 10.2 Å². The lowest BCUT2D eigenvalue weighted by Crippen LogP contribution is -2.50. The molecule has 1 fully saturated rings. The zero-order valence-corrected chi connectivity index (χ0v) is 7.84. The summed E-state index contributed by atoms with van der Waals surface area (Å²) in [7, 11) is 0. The van der Waals surface area contributed by atoms with Crippen molar-refractivity contribution in [1.82, 2.24) is 0 Å². The molecule has 13 heavy (non-hydrogen) atoms. The largest absolute Gasteiger partial charge is 0.394 e. The van der Waals surface area contributed by atoms with Gasteiger partial charge in [0, 0.05) is 0 Å². The standard InChI is InChI=1S/C9H16O4/c1-3-6-5(2)13-7(4-10)9(12)8(6)11/h3,5,7-12H,4H2,1-2H3/b6-3+. The van der Waals surface area contributed by atoms with E-state index in [1.807, 2.05) is 0 Å². The molecule has 0 aliphatic carbocycles. The van der Waals surface area contributed by atoms with Crippen LogP contribution in [0.15, 0.2) is 11.6 Å². The van der Waals surface area contributed by atoms with Gasteiger partial charge in [0.15, 0.2) is 0 Å². The van der Waals surface area contributed by atoms with E-state index in [2.05, 4.69) is 0 Å². The Morgan fingerprint density at radius 1 is 1.46 bits per heavy atom. The molecule has 0 bridgehead atoms. The van der Waals surface area contributed by atoms with Crippen molar-refractivity contribution >= 4 is 0 Å². The summed E-state index contributed by atoms with van der Waals surface area (Å²) in [5, 5.41) is 27.9. The Labute approximate surface area is 77.5 Å². The minimum atomic E-state index is -1.03. The summed E-state index contributed by atoms with van der Waals surface area (Å²) >= 11 is 0. The molecule has 76 valence electrons. The molecule has 1 rings (SSSR count). The summed E-state index contributed by atoms with van der Waals surface area (Å²) in [6.45, 7) is 3.29. The summed E-state index contributed by atoms with van der Waals surface area (Å²) in [5.74, 6) is 0. The molecule has 4 atom stereocenters. The van der Waals surface area contributed by atoms with Crippen molar-refractivity contribution in [2.24, 2.45) is 0 Å². The topological polar surface area (TPSA) is 69.9 Å². The van der Waals surface area contributed by atoms with Gasteiger partial charge in [-0.15, -0.1) is 0 Å². The zero-order valence-electron chi connectivity index (χ0n) is 7.84. The van der Waals surface area contributed by atoms with Crippen LogP contribution in [0.2, 0.25) is 0 Å². The average molecular weight is 188 g/mol. The van der Waals surface area contributed by atoms with Gasteiger partial charge in [-0.2, -0.15) is 0 Å². The summed E-state index contributed by atoms with van der Waals surface area (Å²) in [4.78, 5) is 0. The van der Waals surface area contributed by atoms with E-state index in [0.29, 0.717) is 5.57 Å². The Kier molecular flexibility index (Phi) is 3.44. The molecule has 4 unspecified atom stereocenters. The summed E-state index contributed by atoms with van der Waals surface area (Å²) in [6, 6.07) is 0. The number of aliphatic hydroxyl groups excluding tert-OH is 3. The summed E-state index contributed by atoms with van der Waals surface area (Å²) < 4.78 is 5.29. The van der Waals surface area contributed by atoms with Crippen LogP contribution in [0.1, 0.15) is 13.8 Å². The van der Waals surface area contributed by atoms with E-state index in [1.165, 1.54) is 0 Å². The molecule has 1 aliphatic rings. The average Bonchev–Trinajstić information content (AvgIpc) is 2.12. The van der Waals surface area contributed by atoms with E-state index < -0.39 is 18.3 Å². The van der Waals surface area contributed by atoms with Crippen molar-refractivity contribution in [3.8, 4) is 0 Å². The molecular formula is C9H16O4. The van der Waals surface area contributed by atoms with E-state index in [0.717, 1.165) is 0 Å². The lowest BCUT2D eigenvalue weighted by atomic mass is 9.93. The van der Waals surface area contributed by atoms with Crippen LogP contribution in [0.5, 0.6) is 0 Å². The Morgan fingerprint density at radius 3 is 2.54 bits per heavy atom. The summed E-state index contributed by atoms with van der Waals surface area (Å²) in [6.07, 6.45) is -1.17. The minimum absolute atomic E-state index is 0.249. The first-order valence-corrected chi connectivity index (χ1v) is 4.40. The smallest absolute Gasteiger partial charge is 0.112 e. The highest BCUT2D eigenvalue weighted by molar-refractivity contribution is 5.17. The van der Waals surface area contributed by atoms with Gasteiger partial charge in [-0.1, -0.05) is 6.08 Å². The molecule has 1 heterocycles. The molecule has 1 aliphatic heterocycles. The fourth-order valence-corrected chi connectivity index (χ4v) is 1.62. The normalized spacial score (nSPS) is 43.9. The van der Waals surface area contributed by atoms with Crippen LogP contribution in [0.4, 0.5) is 0 Å². The van der Waals surface area contributed by atoms with Crippen molar-refractivity contribution in [2.75, 3.05) is 6.61 Å². The van der Waals surface area contributed by atoms with E-state index in [-0.39, 0.29) is 12.7 Å².